The van der Waals surface area contributed by atoms with Gasteiger partial charge >= 0.3 is 0 Å². The number of amides is 2. The molecule has 1 atom stereocenters. The summed E-state index contributed by atoms with van der Waals surface area (Å²) in [7, 11) is 0. The Labute approximate surface area is 157 Å². The fraction of sp³-hybridized carbons (Fsp3) is 0.600. The van der Waals surface area contributed by atoms with Crippen molar-refractivity contribution in [3.63, 3.8) is 0 Å². The van der Waals surface area contributed by atoms with E-state index in [1.165, 1.54) is 4.90 Å². The van der Waals surface area contributed by atoms with Gasteiger partial charge in [0.25, 0.3) is 5.91 Å². The maximum absolute atomic E-state index is 13.9. The molecule has 0 N–H and O–H groups in total. The van der Waals surface area contributed by atoms with Gasteiger partial charge in [0.1, 0.15) is 0 Å². The fourth-order valence-electron chi connectivity index (χ4n) is 4.14. The maximum atomic E-state index is 13.9. The number of rotatable bonds is 3. The molecule has 7 heteroatoms. The Bertz CT molecular complexity index is 717. The predicted molar refractivity (Wildman–Crippen MR) is 94.6 cm³/mol. The van der Waals surface area contributed by atoms with Crippen LogP contribution in [0, 0.1) is 23.4 Å². The van der Waals surface area contributed by atoms with Crippen LogP contribution in [-0.2, 0) is 4.79 Å². The highest BCUT2D eigenvalue weighted by atomic mass is 19.2. The van der Waals surface area contributed by atoms with Gasteiger partial charge in [-0.25, -0.2) is 13.2 Å². The number of nitrogens with zero attached hydrogens (tertiary/aromatic N) is 2. The smallest absolute Gasteiger partial charge is 0.256 e. The molecular formula is C20H25F3N2O2. The SMILES string of the molecule is CCC1CCCCN1C(=O)C1CCN(C(=O)c2ccc(F)c(F)c2F)CC1. The molecule has 0 bridgehead atoms. The summed E-state index contributed by atoms with van der Waals surface area (Å²) in [6.45, 7) is 3.49. The van der Waals surface area contributed by atoms with E-state index in [2.05, 4.69) is 6.92 Å². The second-order valence-corrected chi connectivity index (χ2v) is 7.38. The van der Waals surface area contributed by atoms with E-state index in [-0.39, 0.29) is 11.8 Å². The molecule has 2 aliphatic rings. The molecule has 148 valence electrons. The molecule has 3 rings (SSSR count). The van der Waals surface area contributed by atoms with E-state index in [0.717, 1.165) is 44.4 Å². The van der Waals surface area contributed by atoms with E-state index in [4.69, 9.17) is 0 Å². The molecule has 2 heterocycles. The van der Waals surface area contributed by atoms with E-state index >= 15 is 0 Å². The van der Waals surface area contributed by atoms with Crippen LogP contribution in [0.3, 0.4) is 0 Å². The van der Waals surface area contributed by atoms with Crippen molar-refractivity contribution in [1.29, 1.82) is 0 Å². The highest BCUT2D eigenvalue weighted by Gasteiger charge is 2.34. The topological polar surface area (TPSA) is 40.6 Å². The van der Waals surface area contributed by atoms with Crippen LogP contribution in [0.5, 0.6) is 0 Å². The standard InChI is InChI=1S/C20H25F3N2O2/c1-2-14-5-3-4-10-25(14)19(26)13-8-11-24(12-9-13)20(27)15-6-7-16(21)18(23)17(15)22/h6-7,13-14H,2-5,8-12H2,1H3. The van der Waals surface area contributed by atoms with Crippen molar-refractivity contribution in [2.45, 2.75) is 51.5 Å². The summed E-state index contributed by atoms with van der Waals surface area (Å²) in [5.74, 6) is -5.08. The molecular weight excluding hydrogens is 357 g/mol. The molecule has 27 heavy (non-hydrogen) atoms. The minimum Gasteiger partial charge on any atom is -0.339 e. The Morgan fingerprint density at radius 3 is 2.37 bits per heavy atom. The minimum absolute atomic E-state index is 0.143. The quantitative estimate of drug-likeness (QED) is 0.747. The molecule has 2 fully saturated rings. The summed E-state index contributed by atoms with van der Waals surface area (Å²) in [5, 5.41) is 0. The Balaban J connectivity index is 1.62. The number of likely N-dealkylation sites (tertiary alicyclic amines) is 2. The number of halogens is 3. The summed E-state index contributed by atoms with van der Waals surface area (Å²) in [4.78, 5) is 28.7. The normalized spacial score (nSPS) is 21.4. The van der Waals surface area contributed by atoms with E-state index in [0.29, 0.717) is 32.0 Å². The monoisotopic (exact) mass is 382 g/mol. The van der Waals surface area contributed by atoms with Gasteiger partial charge in [0.05, 0.1) is 5.56 Å². The minimum atomic E-state index is -1.64. The summed E-state index contributed by atoms with van der Waals surface area (Å²) in [6, 6.07) is 2.01. The zero-order valence-electron chi connectivity index (χ0n) is 15.5. The molecule has 0 aromatic heterocycles. The third kappa shape index (κ3) is 3.96. The number of carbonyl (C=O) groups is 2. The van der Waals surface area contributed by atoms with E-state index in [1.807, 2.05) is 4.90 Å². The van der Waals surface area contributed by atoms with Gasteiger partial charge in [-0.2, -0.15) is 0 Å². The van der Waals surface area contributed by atoms with Crippen LogP contribution in [0.2, 0.25) is 0 Å². The molecule has 2 saturated heterocycles. The Hall–Kier alpha value is -2.05. The molecule has 1 aromatic rings. The van der Waals surface area contributed by atoms with Gasteiger partial charge in [0.15, 0.2) is 17.5 Å². The number of hydrogen-bond donors (Lipinski definition) is 0. The first-order valence-electron chi connectivity index (χ1n) is 9.67. The molecule has 0 saturated carbocycles. The number of hydrogen-bond acceptors (Lipinski definition) is 2. The van der Waals surface area contributed by atoms with Crippen LogP contribution >= 0.6 is 0 Å². The molecule has 4 nitrogen and oxygen atoms in total. The van der Waals surface area contributed by atoms with Crippen LogP contribution in [0.25, 0.3) is 0 Å². The third-order valence-electron chi connectivity index (χ3n) is 5.78. The van der Waals surface area contributed by atoms with Crippen molar-refractivity contribution < 1.29 is 22.8 Å². The maximum Gasteiger partial charge on any atom is 0.256 e. The molecule has 0 spiro atoms. The number of benzene rings is 1. The lowest BCUT2D eigenvalue weighted by atomic mass is 9.91. The van der Waals surface area contributed by atoms with Crippen molar-refractivity contribution in [2.24, 2.45) is 5.92 Å². The highest BCUT2D eigenvalue weighted by molar-refractivity contribution is 5.94. The number of piperidine rings is 2. The summed E-state index contributed by atoms with van der Waals surface area (Å²) in [6.07, 6.45) is 5.16. The molecule has 2 amide bonds. The summed E-state index contributed by atoms with van der Waals surface area (Å²) >= 11 is 0. The lowest BCUT2D eigenvalue weighted by Gasteiger charge is -2.39. The second-order valence-electron chi connectivity index (χ2n) is 7.38. The molecule has 1 aromatic carbocycles. The Morgan fingerprint density at radius 2 is 1.70 bits per heavy atom. The van der Waals surface area contributed by atoms with Crippen molar-refractivity contribution in [3.05, 3.63) is 35.1 Å². The average molecular weight is 382 g/mol. The second kappa shape index (κ2) is 8.31. The average Bonchev–Trinajstić information content (AvgIpc) is 2.71. The van der Waals surface area contributed by atoms with Gasteiger partial charge < -0.3 is 9.80 Å². The zero-order valence-corrected chi connectivity index (χ0v) is 15.5. The van der Waals surface area contributed by atoms with Gasteiger partial charge in [-0.05, 0) is 50.7 Å². The highest BCUT2D eigenvalue weighted by Crippen LogP contribution is 2.27. The zero-order chi connectivity index (χ0) is 19.6. The van der Waals surface area contributed by atoms with Gasteiger partial charge in [-0.3, -0.25) is 9.59 Å². The van der Waals surface area contributed by atoms with Crippen molar-refractivity contribution >= 4 is 11.8 Å². The summed E-state index contributed by atoms with van der Waals surface area (Å²) in [5.41, 5.74) is -0.472. The van der Waals surface area contributed by atoms with Crippen LogP contribution < -0.4 is 0 Å². The number of carbonyl (C=O) groups excluding carboxylic acids is 2. The molecule has 0 aliphatic carbocycles. The van der Waals surface area contributed by atoms with E-state index in [1.54, 1.807) is 0 Å². The largest absolute Gasteiger partial charge is 0.339 e. The third-order valence-corrected chi connectivity index (χ3v) is 5.78. The molecule has 2 aliphatic heterocycles. The van der Waals surface area contributed by atoms with Crippen LogP contribution in [0.15, 0.2) is 12.1 Å². The van der Waals surface area contributed by atoms with Crippen molar-refractivity contribution in [2.75, 3.05) is 19.6 Å². The van der Waals surface area contributed by atoms with Crippen molar-refractivity contribution in [3.8, 4) is 0 Å². The van der Waals surface area contributed by atoms with Gasteiger partial charge in [0.2, 0.25) is 5.91 Å². The van der Waals surface area contributed by atoms with Crippen molar-refractivity contribution in [1.82, 2.24) is 9.80 Å². The first kappa shape index (κ1) is 19.7. The van der Waals surface area contributed by atoms with E-state index in [9.17, 15) is 22.8 Å². The molecule has 0 radical (unpaired) electrons. The van der Waals surface area contributed by atoms with Crippen LogP contribution in [0.4, 0.5) is 13.2 Å². The molecule has 1 unspecified atom stereocenters. The lowest BCUT2D eigenvalue weighted by molar-refractivity contribution is -0.140. The predicted octanol–water partition coefficient (Wildman–Crippen LogP) is 3.75. The first-order chi connectivity index (χ1) is 12.9. The van der Waals surface area contributed by atoms with Gasteiger partial charge in [-0.1, -0.05) is 6.92 Å². The van der Waals surface area contributed by atoms with Crippen LogP contribution in [0.1, 0.15) is 55.8 Å². The van der Waals surface area contributed by atoms with E-state index < -0.39 is 28.9 Å². The fourth-order valence-corrected chi connectivity index (χ4v) is 4.14. The van der Waals surface area contributed by atoms with Crippen LogP contribution in [-0.4, -0.2) is 47.3 Å². The first-order valence-corrected chi connectivity index (χ1v) is 9.67. The van der Waals surface area contributed by atoms with Gasteiger partial charge in [0, 0.05) is 31.6 Å². The lowest BCUT2D eigenvalue weighted by Crippen LogP contribution is -2.49. The Kier molecular flexibility index (Phi) is 6.07. The summed E-state index contributed by atoms with van der Waals surface area (Å²) < 4.78 is 40.3. The van der Waals surface area contributed by atoms with Gasteiger partial charge in [-0.15, -0.1) is 0 Å². The Morgan fingerprint density at radius 1 is 1.00 bits per heavy atom.